The van der Waals surface area contributed by atoms with Crippen LogP contribution in [0.2, 0.25) is 0 Å². The lowest BCUT2D eigenvalue weighted by atomic mass is 10.1. The topological polar surface area (TPSA) is 155 Å². The van der Waals surface area contributed by atoms with Gasteiger partial charge < -0.3 is 29.7 Å². The molecule has 12 nitrogen and oxygen atoms in total. The first-order valence-corrected chi connectivity index (χ1v) is 10.9. The summed E-state index contributed by atoms with van der Waals surface area (Å²) in [6.07, 6.45) is -1.85. The number of para-hydroxylation sites is 2. The van der Waals surface area contributed by atoms with Gasteiger partial charge in [0.15, 0.2) is 17.9 Å². The Morgan fingerprint density at radius 2 is 1.86 bits per heavy atom. The molecule has 3 atom stereocenters. The van der Waals surface area contributed by atoms with Crippen molar-refractivity contribution in [2.75, 3.05) is 20.2 Å². The number of aromatic amines is 1. The summed E-state index contributed by atoms with van der Waals surface area (Å²) in [5.74, 6) is -0.0906. The first-order valence-electron chi connectivity index (χ1n) is 10.9. The molecule has 0 saturated carbocycles. The number of imide groups is 1. The molecule has 180 valence electrons. The van der Waals surface area contributed by atoms with Crippen LogP contribution in [0.15, 0.2) is 69.8 Å². The van der Waals surface area contributed by atoms with Crippen LogP contribution in [0.5, 0.6) is 11.6 Å². The SMILES string of the molecule is CN1C(=O)NC(=O)C2C1N=C(N=Nc1c(O)[nH]c3ccccc13)N2CC(O)COc1ccccc1. The molecule has 3 aromatic rings. The Labute approximate surface area is 199 Å². The molecule has 0 aliphatic carbocycles. The van der Waals surface area contributed by atoms with Crippen LogP contribution in [-0.2, 0) is 4.79 Å². The van der Waals surface area contributed by atoms with Crippen molar-refractivity contribution in [1.82, 2.24) is 20.1 Å². The average Bonchev–Trinajstić information content (AvgIpc) is 3.37. The average molecular weight is 477 g/mol. The number of nitrogens with zero attached hydrogens (tertiary/aromatic N) is 5. The van der Waals surface area contributed by atoms with Crippen molar-refractivity contribution in [2.24, 2.45) is 15.2 Å². The number of H-pyrrole nitrogens is 1. The molecule has 2 aromatic carbocycles. The minimum atomic E-state index is -1.01. The molecular formula is C23H23N7O5. The van der Waals surface area contributed by atoms with Crippen LogP contribution in [0, 0.1) is 0 Å². The van der Waals surface area contributed by atoms with Gasteiger partial charge in [-0.3, -0.25) is 10.1 Å². The fourth-order valence-electron chi connectivity index (χ4n) is 4.09. The zero-order valence-corrected chi connectivity index (χ0v) is 18.7. The van der Waals surface area contributed by atoms with Crippen LogP contribution in [0.1, 0.15) is 0 Å². The van der Waals surface area contributed by atoms with Gasteiger partial charge in [0.25, 0.3) is 5.91 Å². The molecule has 4 N–H and O–H groups in total. The molecule has 1 aromatic heterocycles. The highest BCUT2D eigenvalue weighted by molar-refractivity contribution is 6.04. The van der Waals surface area contributed by atoms with Gasteiger partial charge in [0.2, 0.25) is 11.8 Å². The summed E-state index contributed by atoms with van der Waals surface area (Å²) in [6, 6.07) is 14.7. The summed E-state index contributed by atoms with van der Waals surface area (Å²) in [5, 5.41) is 32.3. The number of aliphatic imine (C=N–C) groups is 1. The number of amides is 3. The number of carbonyl (C=O) groups is 2. The number of nitrogens with one attached hydrogen (secondary N) is 2. The van der Waals surface area contributed by atoms with Crippen molar-refractivity contribution in [2.45, 2.75) is 18.3 Å². The molecule has 3 amide bonds. The zero-order valence-electron chi connectivity index (χ0n) is 18.7. The van der Waals surface area contributed by atoms with Crippen LogP contribution in [0.4, 0.5) is 10.5 Å². The van der Waals surface area contributed by atoms with Crippen molar-refractivity contribution >= 4 is 34.5 Å². The molecule has 3 unspecified atom stereocenters. The van der Waals surface area contributed by atoms with Gasteiger partial charge in [0, 0.05) is 12.4 Å². The van der Waals surface area contributed by atoms with E-state index in [0.717, 1.165) is 0 Å². The van der Waals surface area contributed by atoms with E-state index in [1.807, 2.05) is 24.3 Å². The molecule has 0 spiro atoms. The second-order valence-corrected chi connectivity index (χ2v) is 8.19. The van der Waals surface area contributed by atoms with Gasteiger partial charge in [-0.05, 0) is 18.2 Å². The Morgan fingerprint density at radius 1 is 1.11 bits per heavy atom. The van der Waals surface area contributed by atoms with Crippen LogP contribution in [0.25, 0.3) is 10.9 Å². The molecule has 3 heterocycles. The van der Waals surface area contributed by atoms with Crippen molar-refractivity contribution in [3.8, 4) is 11.6 Å². The first-order chi connectivity index (χ1) is 16.9. The number of ether oxygens (including phenoxy) is 1. The van der Waals surface area contributed by atoms with Gasteiger partial charge in [0.1, 0.15) is 18.5 Å². The molecule has 12 heteroatoms. The summed E-state index contributed by atoms with van der Waals surface area (Å²) < 4.78 is 5.62. The second-order valence-electron chi connectivity index (χ2n) is 8.19. The molecule has 2 aliphatic rings. The predicted octanol–water partition coefficient (Wildman–Crippen LogP) is 1.94. The van der Waals surface area contributed by atoms with Crippen molar-refractivity contribution in [3.05, 3.63) is 54.6 Å². The van der Waals surface area contributed by atoms with E-state index >= 15 is 0 Å². The number of fused-ring (bicyclic) bond motifs is 2. The molecule has 0 bridgehead atoms. The van der Waals surface area contributed by atoms with Gasteiger partial charge in [-0.15, -0.1) is 10.2 Å². The molecular weight excluding hydrogens is 454 g/mol. The highest BCUT2D eigenvalue weighted by Gasteiger charge is 2.49. The molecule has 1 fully saturated rings. The number of likely N-dealkylation sites (N-methyl/N-ethyl adjacent to an activating group) is 1. The van der Waals surface area contributed by atoms with Crippen molar-refractivity contribution < 1.29 is 24.5 Å². The van der Waals surface area contributed by atoms with E-state index in [1.54, 1.807) is 30.3 Å². The van der Waals surface area contributed by atoms with Gasteiger partial charge in [-0.2, -0.15) is 0 Å². The fourth-order valence-corrected chi connectivity index (χ4v) is 4.09. The minimum Gasteiger partial charge on any atom is -0.493 e. The van der Waals surface area contributed by atoms with E-state index in [1.165, 1.54) is 16.8 Å². The molecule has 1 saturated heterocycles. The lowest BCUT2D eigenvalue weighted by Gasteiger charge is -2.36. The summed E-state index contributed by atoms with van der Waals surface area (Å²) in [6.45, 7) is -0.0941. The summed E-state index contributed by atoms with van der Waals surface area (Å²) >= 11 is 0. The van der Waals surface area contributed by atoms with E-state index in [-0.39, 0.29) is 30.7 Å². The molecule has 5 rings (SSSR count). The number of urea groups is 1. The molecule has 35 heavy (non-hydrogen) atoms. The van der Waals surface area contributed by atoms with Crippen LogP contribution in [-0.4, -0.2) is 81.4 Å². The van der Waals surface area contributed by atoms with Crippen molar-refractivity contribution in [1.29, 1.82) is 0 Å². The van der Waals surface area contributed by atoms with Crippen LogP contribution >= 0.6 is 0 Å². The van der Waals surface area contributed by atoms with Gasteiger partial charge in [-0.25, -0.2) is 9.79 Å². The lowest BCUT2D eigenvalue weighted by molar-refractivity contribution is -0.127. The summed E-state index contributed by atoms with van der Waals surface area (Å²) in [7, 11) is 1.52. The number of hydrogen-bond donors (Lipinski definition) is 4. The Balaban J connectivity index is 1.41. The third kappa shape index (κ3) is 4.26. The van der Waals surface area contributed by atoms with Crippen LogP contribution < -0.4 is 10.1 Å². The van der Waals surface area contributed by atoms with Crippen LogP contribution in [0.3, 0.4) is 0 Å². The maximum atomic E-state index is 12.7. The quantitative estimate of drug-likeness (QED) is 0.398. The first kappa shape index (κ1) is 22.3. The molecule has 0 radical (unpaired) electrons. The van der Waals surface area contributed by atoms with E-state index in [9.17, 15) is 19.8 Å². The highest BCUT2D eigenvalue weighted by Crippen LogP contribution is 2.35. The van der Waals surface area contributed by atoms with Gasteiger partial charge >= 0.3 is 6.03 Å². The lowest BCUT2D eigenvalue weighted by Crippen LogP contribution is -2.64. The number of benzene rings is 2. The smallest absolute Gasteiger partial charge is 0.325 e. The number of β-amino-alcohol motifs (C(OH)–C–C–N with tert-alkyl or cyclic N) is 1. The number of aromatic hydroxyl groups is 1. The van der Waals surface area contributed by atoms with E-state index in [2.05, 4.69) is 25.5 Å². The molecule has 2 aliphatic heterocycles. The monoisotopic (exact) mass is 477 g/mol. The Bertz CT molecular complexity index is 1320. The predicted molar refractivity (Wildman–Crippen MR) is 125 cm³/mol. The largest absolute Gasteiger partial charge is 0.493 e. The van der Waals surface area contributed by atoms with Crippen molar-refractivity contribution in [3.63, 3.8) is 0 Å². The van der Waals surface area contributed by atoms with Gasteiger partial charge in [0.05, 0.1) is 12.1 Å². The number of azo groups is 1. The van der Waals surface area contributed by atoms with E-state index in [0.29, 0.717) is 16.7 Å². The normalized spacial score (nSPS) is 20.8. The summed E-state index contributed by atoms with van der Waals surface area (Å²) in [5.41, 5.74) is 0.885. The van der Waals surface area contributed by atoms with E-state index < -0.39 is 30.2 Å². The third-order valence-corrected chi connectivity index (χ3v) is 5.83. The Kier molecular flexibility index (Phi) is 5.79. The number of rotatable bonds is 6. The highest BCUT2D eigenvalue weighted by atomic mass is 16.5. The number of guanidine groups is 1. The van der Waals surface area contributed by atoms with E-state index in [4.69, 9.17) is 4.74 Å². The number of aliphatic hydroxyl groups is 1. The Hall–Kier alpha value is -4.45. The maximum absolute atomic E-state index is 12.7. The standard InChI is InChI=1S/C23H23N7O5/c1-29-19-18(21(33)26-23(29)34)30(11-13(31)12-35-14-7-3-2-4-8-14)22(25-19)28-27-17-15-9-5-6-10-16(15)24-20(17)32/h2-10,13,18-19,24,31-32H,11-12H2,1H3,(H,26,33,34). The fraction of sp³-hybridized carbons (Fsp3) is 0.261. The zero-order chi connectivity index (χ0) is 24.5. The number of aliphatic hydroxyl groups excluding tert-OH is 1. The number of carbonyl (C=O) groups excluding carboxylic acids is 2. The summed E-state index contributed by atoms with van der Waals surface area (Å²) in [4.78, 5) is 34.9. The third-order valence-electron chi connectivity index (χ3n) is 5.83. The minimum absolute atomic E-state index is 0.0397. The van der Waals surface area contributed by atoms with Gasteiger partial charge in [-0.1, -0.05) is 36.4 Å². The maximum Gasteiger partial charge on any atom is 0.325 e. The second kappa shape index (κ2) is 9.06. The number of hydrogen-bond acceptors (Lipinski definition) is 9. The number of aromatic nitrogens is 1. The Morgan fingerprint density at radius 3 is 2.66 bits per heavy atom.